The molecule has 1 aliphatic rings. The highest BCUT2D eigenvalue weighted by atomic mass is 35.5. The highest BCUT2D eigenvalue weighted by Gasteiger charge is 2.38. The molecule has 6 heteroatoms. The number of nitrogens with one attached hydrogen (secondary N) is 1. The summed E-state index contributed by atoms with van der Waals surface area (Å²) in [5.41, 5.74) is 3.58. The molecule has 0 aliphatic heterocycles. The Hall–Kier alpha value is -2.63. The molecule has 1 aromatic heterocycles. The summed E-state index contributed by atoms with van der Waals surface area (Å²) in [5, 5.41) is 7.60. The lowest BCUT2D eigenvalue weighted by Crippen LogP contribution is -2.45. The van der Waals surface area contributed by atoms with Gasteiger partial charge in [-0.05, 0) is 24.1 Å². The van der Waals surface area contributed by atoms with Crippen LogP contribution in [0.4, 0.5) is 0 Å². The number of benzene rings is 2. The second-order valence-corrected chi connectivity index (χ2v) is 7.54. The SMILES string of the molecule is COC1(CNC(=O)c2c(-c3ccccc3Cl)noc2C)Cc2ccccc2C1. The van der Waals surface area contributed by atoms with Crippen LogP contribution in [-0.2, 0) is 17.6 Å². The minimum absolute atomic E-state index is 0.249. The Balaban J connectivity index is 1.56. The zero-order valence-corrected chi connectivity index (χ0v) is 16.5. The van der Waals surface area contributed by atoms with Gasteiger partial charge in [0.1, 0.15) is 17.0 Å². The summed E-state index contributed by atoms with van der Waals surface area (Å²) in [7, 11) is 1.69. The number of aryl methyl sites for hydroxylation is 1. The van der Waals surface area contributed by atoms with Gasteiger partial charge in [-0.3, -0.25) is 4.79 Å². The first-order valence-corrected chi connectivity index (χ1v) is 9.52. The van der Waals surface area contributed by atoms with Crippen molar-refractivity contribution >= 4 is 17.5 Å². The number of rotatable bonds is 5. The summed E-state index contributed by atoms with van der Waals surface area (Å²) in [6.45, 7) is 2.11. The number of carbonyl (C=O) groups is 1. The van der Waals surface area contributed by atoms with Gasteiger partial charge in [0.2, 0.25) is 0 Å². The third-order valence-corrected chi connectivity index (χ3v) is 5.70. The molecule has 0 saturated heterocycles. The van der Waals surface area contributed by atoms with E-state index in [1.165, 1.54) is 11.1 Å². The Morgan fingerprint density at radius 3 is 2.46 bits per heavy atom. The summed E-state index contributed by atoms with van der Waals surface area (Å²) in [6, 6.07) is 15.5. The van der Waals surface area contributed by atoms with E-state index in [9.17, 15) is 4.79 Å². The van der Waals surface area contributed by atoms with Gasteiger partial charge < -0.3 is 14.6 Å². The highest BCUT2D eigenvalue weighted by Crippen LogP contribution is 2.33. The fourth-order valence-corrected chi connectivity index (χ4v) is 4.03. The van der Waals surface area contributed by atoms with Crippen molar-refractivity contribution in [2.45, 2.75) is 25.4 Å². The molecule has 4 rings (SSSR count). The van der Waals surface area contributed by atoms with E-state index in [-0.39, 0.29) is 5.91 Å². The first kappa shape index (κ1) is 18.7. The Kier molecular flexibility index (Phi) is 4.96. The number of methoxy groups -OCH3 is 1. The maximum atomic E-state index is 13.0. The van der Waals surface area contributed by atoms with Gasteiger partial charge >= 0.3 is 0 Å². The van der Waals surface area contributed by atoms with Crippen LogP contribution in [0.5, 0.6) is 0 Å². The number of amides is 1. The van der Waals surface area contributed by atoms with Gasteiger partial charge in [-0.2, -0.15) is 0 Å². The van der Waals surface area contributed by atoms with E-state index >= 15 is 0 Å². The van der Waals surface area contributed by atoms with Gasteiger partial charge in [-0.1, -0.05) is 59.2 Å². The van der Waals surface area contributed by atoms with Crippen molar-refractivity contribution < 1.29 is 14.1 Å². The lowest BCUT2D eigenvalue weighted by Gasteiger charge is -2.27. The molecule has 5 nitrogen and oxygen atoms in total. The monoisotopic (exact) mass is 396 g/mol. The number of halogens is 1. The molecule has 3 aromatic rings. The van der Waals surface area contributed by atoms with E-state index in [1.54, 1.807) is 20.1 Å². The molecule has 0 radical (unpaired) electrons. The normalized spacial score (nSPS) is 14.7. The number of hydrogen-bond donors (Lipinski definition) is 1. The van der Waals surface area contributed by atoms with E-state index in [0.717, 1.165) is 12.8 Å². The van der Waals surface area contributed by atoms with E-state index in [0.29, 0.717) is 34.1 Å². The standard InChI is InChI=1S/C22H21ClN2O3/c1-14-19(20(25-28-14)17-9-5-6-10-18(17)23)21(26)24-13-22(27-2)11-15-7-3-4-8-16(15)12-22/h3-10H,11-13H2,1-2H3,(H,24,26). The van der Waals surface area contributed by atoms with Crippen LogP contribution in [0.15, 0.2) is 53.1 Å². The number of aromatic nitrogens is 1. The van der Waals surface area contributed by atoms with Gasteiger partial charge in [0, 0.05) is 32.1 Å². The van der Waals surface area contributed by atoms with E-state index < -0.39 is 5.60 Å². The summed E-state index contributed by atoms with van der Waals surface area (Å²) >= 11 is 6.29. The van der Waals surface area contributed by atoms with Crippen molar-refractivity contribution in [3.8, 4) is 11.3 Å². The Morgan fingerprint density at radius 2 is 1.82 bits per heavy atom. The third-order valence-electron chi connectivity index (χ3n) is 5.37. The average Bonchev–Trinajstić information content (AvgIpc) is 3.27. The molecule has 1 amide bonds. The van der Waals surface area contributed by atoms with Crippen molar-refractivity contribution in [2.24, 2.45) is 0 Å². The zero-order valence-electron chi connectivity index (χ0n) is 15.8. The van der Waals surface area contributed by atoms with Gasteiger partial charge in [-0.15, -0.1) is 0 Å². The van der Waals surface area contributed by atoms with Crippen LogP contribution in [0, 0.1) is 6.92 Å². The largest absolute Gasteiger partial charge is 0.376 e. The molecule has 0 saturated carbocycles. The maximum absolute atomic E-state index is 13.0. The van der Waals surface area contributed by atoms with Gasteiger partial charge in [-0.25, -0.2) is 0 Å². The molecule has 0 atom stereocenters. The van der Waals surface area contributed by atoms with Crippen molar-refractivity contribution in [3.05, 3.63) is 76.0 Å². The number of carbonyl (C=O) groups excluding carboxylic acids is 1. The Morgan fingerprint density at radius 1 is 1.18 bits per heavy atom. The fraction of sp³-hybridized carbons (Fsp3) is 0.273. The lowest BCUT2D eigenvalue weighted by molar-refractivity contribution is 0.000166. The zero-order chi connectivity index (χ0) is 19.7. The second kappa shape index (κ2) is 7.41. The van der Waals surface area contributed by atoms with Crippen molar-refractivity contribution in [1.29, 1.82) is 0 Å². The first-order chi connectivity index (χ1) is 13.5. The second-order valence-electron chi connectivity index (χ2n) is 7.13. The van der Waals surface area contributed by atoms with Crippen LogP contribution >= 0.6 is 11.6 Å². The summed E-state index contributed by atoms with van der Waals surface area (Å²) in [4.78, 5) is 13.0. The number of fused-ring (bicyclic) bond motifs is 1. The van der Waals surface area contributed by atoms with Gasteiger partial charge in [0.15, 0.2) is 0 Å². The predicted octanol–water partition coefficient (Wildman–Crippen LogP) is 4.22. The molecular formula is C22H21ClN2O3. The molecule has 0 spiro atoms. The number of hydrogen-bond acceptors (Lipinski definition) is 4. The molecule has 2 aromatic carbocycles. The summed E-state index contributed by atoms with van der Waals surface area (Å²) in [6.07, 6.45) is 1.53. The Labute approximate surface area is 168 Å². The topological polar surface area (TPSA) is 64.4 Å². The van der Waals surface area contributed by atoms with Crippen LogP contribution in [0.3, 0.4) is 0 Å². The molecule has 0 fully saturated rings. The van der Waals surface area contributed by atoms with E-state index in [1.807, 2.05) is 30.3 Å². The van der Waals surface area contributed by atoms with Gasteiger partial charge in [0.05, 0.1) is 10.6 Å². The quantitative estimate of drug-likeness (QED) is 0.701. The lowest BCUT2D eigenvalue weighted by atomic mass is 9.99. The smallest absolute Gasteiger partial charge is 0.257 e. The maximum Gasteiger partial charge on any atom is 0.257 e. The predicted molar refractivity (Wildman–Crippen MR) is 108 cm³/mol. The average molecular weight is 397 g/mol. The van der Waals surface area contributed by atoms with Crippen LogP contribution < -0.4 is 5.32 Å². The minimum atomic E-state index is -0.449. The summed E-state index contributed by atoms with van der Waals surface area (Å²) < 4.78 is 11.1. The number of nitrogens with zero attached hydrogens (tertiary/aromatic N) is 1. The minimum Gasteiger partial charge on any atom is -0.376 e. The van der Waals surface area contributed by atoms with Crippen LogP contribution in [0.1, 0.15) is 27.2 Å². The molecule has 1 aliphatic carbocycles. The van der Waals surface area contributed by atoms with Gasteiger partial charge in [0.25, 0.3) is 5.91 Å². The summed E-state index contributed by atoms with van der Waals surface area (Å²) in [5.74, 6) is 0.203. The van der Waals surface area contributed by atoms with Crippen molar-refractivity contribution in [3.63, 3.8) is 0 Å². The Bertz CT molecular complexity index is 1000. The molecule has 0 unspecified atom stereocenters. The van der Waals surface area contributed by atoms with E-state index in [2.05, 4.69) is 22.6 Å². The highest BCUT2D eigenvalue weighted by molar-refractivity contribution is 6.33. The van der Waals surface area contributed by atoms with E-state index in [4.69, 9.17) is 20.9 Å². The van der Waals surface area contributed by atoms with Crippen molar-refractivity contribution in [1.82, 2.24) is 10.5 Å². The van der Waals surface area contributed by atoms with Crippen molar-refractivity contribution in [2.75, 3.05) is 13.7 Å². The van der Waals surface area contributed by atoms with Crippen LogP contribution in [-0.4, -0.2) is 30.3 Å². The molecule has 0 bridgehead atoms. The first-order valence-electron chi connectivity index (χ1n) is 9.14. The molecule has 1 heterocycles. The van der Waals surface area contributed by atoms with Crippen LogP contribution in [0.2, 0.25) is 5.02 Å². The fourth-order valence-electron chi connectivity index (χ4n) is 3.81. The molecular weight excluding hydrogens is 376 g/mol. The molecule has 1 N–H and O–H groups in total. The third kappa shape index (κ3) is 3.32. The molecule has 144 valence electrons. The number of ether oxygens (including phenoxy) is 1. The van der Waals surface area contributed by atoms with Crippen LogP contribution in [0.25, 0.3) is 11.3 Å². The molecule has 28 heavy (non-hydrogen) atoms.